The first kappa shape index (κ1) is 11.8. The smallest absolute Gasteiger partial charge is 0.184 e. The quantitative estimate of drug-likeness (QED) is 0.750. The fraction of sp³-hybridized carbons (Fsp3) is 0.500. The Labute approximate surface area is 107 Å². The number of halogens is 1. The molecule has 3 aliphatic heterocycles. The molecule has 7 nitrogen and oxygen atoms in total. The summed E-state index contributed by atoms with van der Waals surface area (Å²) in [6.07, 6.45) is 1.45. The zero-order valence-corrected chi connectivity index (χ0v) is 10.0. The average molecular weight is 271 g/mol. The zero-order valence-electron chi connectivity index (χ0n) is 9.27. The van der Waals surface area contributed by atoms with E-state index >= 15 is 0 Å². The molecule has 1 fully saturated rings. The number of aliphatic hydroxyl groups is 2. The van der Waals surface area contributed by atoms with Gasteiger partial charge in [0.25, 0.3) is 0 Å². The van der Waals surface area contributed by atoms with E-state index in [1.807, 2.05) is 0 Å². The van der Waals surface area contributed by atoms with Crippen LogP contribution in [0.1, 0.15) is 12.6 Å². The molecule has 0 saturated carbocycles. The molecule has 0 aromatic carbocycles. The lowest BCUT2D eigenvalue weighted by Crippen LogP contribution is -2.24. The van der Waals surface area contributed by atoms with Gasteiger partial charge in [0.2, 0.25) is 0 Å². The predicted octanol–water partition coefficient (Wildman–Crippen LogP) is 0.0720. The third kappa shape index (κ3) is 1.76. The molecular formula is C10H11ClN4O3. The monoisotopic (exact) mass is 270 g/mol. The fourth-order valence-corrected chi connectivity index (χ4v) is 2.33. The second-order valence-corrected chi connectivity index (χ2v) is 4.46. The number of nitrogens with zero attached hydrogens (tertiary/aromatic N) is 4. The summed E-state index contributed by atoms with van der Waals surface area (Å²) in [4.78, 5) is 12.1. The summed E-state index contributed by atoms with van der Waals surface area (Å²) in [5.41, 5.74) is 0.490. The first-order valence-corrected chi connectivity index (χ1v) is 5.86. The summed E-state index contributed by atoms with van der Waals surface area (Å²) in [6, 6.07) is 0. The molecule has 0 spiro atoms. The lowest BCUT2D eigenvalue weighted by Gasteiger charge is -2.17. The molecule has 3 atom stereocenters. The van der Waals surface area contributed by atoms with Crippen LogP contribution in [0, 0.1) is 0 Å². The Morgan fingerprint density at radius 3 is 3.00 bits per heavy atom. The summed E-state index contributed by atoms with van der Waals surface area (Å²) in [5.74, 6) is 0.466. The molecule has 0 aromatic rings. The highest BCUT2D eigenvalue weighted by molar-refractivity contribution is 6.31. The van der Waals surface area contributed by atoms with Crippen LogP contribution in [-0.4, -0.2) is 48.5 Å². The van der Waals surface area contributed by atoms with Gasteiger partial charge in [-0.05, 0) is 0 Å². The number of aromatic nitrogens is 4. The number of hydrogen-bond donors (Lipinski definition) is 2. The minimum absolute atomic E-state index is 0.234. The minimum Gasteiger partial charge on any atom is -0.394 e. The highest BCUT2D eigenvalue weighted by atomic mass is 35.5. The molecule has 3 aliphatic rings. The maximum Gasteiger partial charge on any atom is 0.184 e. The Hall–Kier alpha value is -1.28. The minimum atomic E-state index is -0.718. The van der Waals surface area contributed by atoms with Crippen LogP contribution in [0.5, 0.6) is 0 Å². The molecule has 0 aromatic heterocycles. The van der Waals surface area contributed by atoms with Crippen LogP contribution < -0.4 is 0 Å². The van der Waals surface area contributed by atoms with Crippen molar-refractivity contribution in [3.8, 4) is 11.5 Å². The van der Waals surface area contributed by atoms with Gasteiger partial charge in [0, 0.05) is 6.42 Å². The summed E-state index contributed by atoms with van der Waals surface area (Å²) < 4.78 is 7.09. The van der Waals surface area contributed by atoms with E-state index in [0.717, 1.165) is 0 Å². The van der Waals surface area contributed by atoms with Gasteiger partial charge < -0.3 is 14.9 Å². The van der Waals surface area contributed by atoms with Crippen LogP contribution in [0.4, 0.5) is 0 Å². The first-order chi connectivity index (χ1) is 8.70. The Morgan fingerprint density at radius 2 is 2.28 bits per heavy atom. The average Bonchev–Trinajstić information content (AvgIpc) is 2.96. The second kappa shape index (κ2) is 4.43. The summed E-state index contributed by atoms with van der Waals surface area (Å²) in [6.45, 7) is -0.234. The van der Waals surface area contributed by atoms with E-state index in [9.17, 15) is 5.11 Å². The Bertz CT molecular complexity index is 534. The Kier molecular flexibility index (Phi) is 2.90. The van der Waals surface area contributed by atoms with Crippen molar-refractivity contribution >= 4 is 11.6 Å². The summed E-state index contributed by atoms with van der Waals surface area (Å²) >= 11 is 6.20. The Morgan fingerprint density at radius 1 is 1.44 bits per heavy atom. The lowest BCUT2D eigenvalue weighted by molar-refractivity contribution is -0.0447. The Balaban J connectivity index is 1.96. The van der Waals surface area contributed by atoms with E-state index in [1.165, 1.54) is 12.7 Å². The van der Waals surface area contributed by atoms with E-state index in [1.54, 1.807) is 4.57 Å². The molecule has 3 rings (SSSR count). The number of hydrogen-bond acceptors (Lipinski definition) is 6. The van der Waals surface area contributed by atoms with Crippen molar-refractivity contribution in [2.75, 3.05) is 6.61 Å². The SMILES string of the molecule is OC[C@H]1OC(n2cnc3ncnc-3c2Cl)C[C@@H]1O. The highest BCUT2D eigenvalue weighted by Gasteiger charge is 2.35. The van der Waals surface area contributed by atoms with E-state index in [0.29, 0.717) is 23.1 Å². The number of aliphatic hydroxyl groups excluding tert-OH is 2. The second-order valence-electron chi connectivity index (χ2n) is 4.10. The van der Waals surface area contributed by atoms with Gasteiger partial charge in [-0.3, -0.25) is 4.57 Å². The van der Waals surface area contributed by atoms with Gasteiger partial charge >= 0.3 is 0 Å². The van der Waals surface area contributed by atoms with Crippen LogP contribution in [0.25, 0.3) is 11.5 Å². The van der Waals surface area contributed by atoms with Gasteiger partial charge in [-0.15, -0.1) is 0 Å². The van der Waals surface area contributed by atoms with Gasteiger partial charge in [0.15, 0.2) is 5.82 Å². The molecular weight excluding hydrogens is 260 g/mol. The van der Waals surface area contributed by atoms with Crippen LogP contribution in [0.15, 0.2) is 12.7 Å². The molecule has 0 aliphatic carbocycles. The normalized spacial score (nSPS) is 28.1. The summed E-state index contributed by atoms with van der Waals surface area (Å²) in [5, 5.41) is 19.1. The van der Waals surface area contributed by atoms with Crippen LogP contribution in [0.3, 0.4) is 0 Å². The largest absolute Gasteiger partial charge is 0.394 e. The van der Waals surface area contributed by atoms with Crippen LogP contribution in [0.2, 0.25) is 5.15 Å². The molecule has 8 heteroatoms. The highest BCUT2D eigenvalue weighted by Crippen LogP contribution is 2.33. The van der Waals surface area contributed by atoms with Gasteiger partial charge in [-0.25, -0.2) is 15.0 Å². The van der Waals surface area contributed by atoms with E-state index in [-0.39, 0.29) is 6.61 Å². The molecule has 3 heterocycles. The maximum absolute atomic E-state index is 9.70. The van der Waals surface area contributed by atoms with Gasteiger partial charge in [-0.1, -0.05) is 11.6 Å². The van der Waals surface area contributed by atoms with Crippen molar-refractivity contribution in [1.82, 2.24) is 19.5 Å². The standard InChI is InChI=1S/C10H11ClN4O3/c11-9-8-10(13-3-12-8)14-4-15(9)7-1-5(17)6(2-16)18-7/h3-7,16-17H,1-2H2/t5-,6+,7?/m0/s1. The lowest BCUT2D eigenvalue weighted by atomic mass is 10.2. The van der Waals surface area contributed by atoms with Crippen molar-refractivity contribution in [3.05, 3.63) is 17.8 Å². The number of rotatable bonds is 2. The fourth-order valence-electron chi connectivity index (χ4n) is 2.04. The van der Waals surface area contributed by atoms with Crippen molar-refractivity contribution in [2.45, 2.75) is 24.9 Å². The molecule has 1 saturated heterocycles. The van der Waals surface area contributed by atoms with Crippen molar-refractivity contribution in [1.29, 1.82) is 0 Å². The third-order valence-electron chi connectivity index (χ3n) is 3.00. The third-order valence-corrected chi connectivity index (χ3v) is 3.37. The zero-order chi connectivity index (χ0) is 12.7. The molecule has 2 N–H and O–H groups in total. The predicted molar refractivity (Wildman–Crippen MR) is 61.1 cm³/mol. The van der Waals surface area contributed by atoms with Crippen molar-refractivity contribution in [2.24, 2.45) is 0 Å². The van der Waals surface area contributed by atoms with Crippen LogP contribution >= 0.6 is 11.6 Å². The number of fused-ring (bicyclic) bond motifs is 1. The van der Waals surface area contributed by atoms with Gasteiger partial charge in [0.05, 0.1) is 12.7 Å². The van der Waals surface area contributed by atoms with E-state index in [4.69, 9.17) is 21.4 Å². The topological polar surface area (TPSA) is 93.3 Å². The molecule has 1 unspecified atom stereocenters. The maximum atomic E-state index is 9.70. The first-order valence-electron chi connectivity index (χ1n) is 5.48. The molecule has 0 amide bonds. The number of imidazole rings is 1. The van der Waals surface area contributed by atoms with Crippen LogP contribution in [-0.2, 0) is 4.74 Å². The van der Waals surface area contributed by atoms with Gasteiger partial charge in [-0.2, -0.15) is 0 Å². The van der Waals surface area contributed by atoms with Crippen molar-refractivity contribution < 1.29 is 14.9 Å². The van der Waals surface area contributed by atoms with Gasteiger partial charge in [0.1, 0.15) is 35.8 Å². The molecule has 18 heavy (non-hydrogen) atoms. The van der Waals surface area contributed by atoms with Crippen molar-refractivity contribution in [3.63, 3.8) is 0 Å². The van der Waals surface area contributed by atoms with E-state index in [2.05, 4.69) is 15.0 Å². The molecule has 96 valence electrons. The summed E-state index contributed by atoms with van der Waals surface area (Å²) in [7, 11) is 0. The number of ether oxygens (including phenoxy) is 1. The molecule has 0 bridgehead atoms. The van der Waals surface area contributed by atoms with E-state index < -0.39 is 18.4 Å². The molecule has 0 radical (unpaired) electrons.